The molecular formula is C12H11Cl2FN2O4. The fraction of sp³-hybridized carbons (Fsp3) is 0.417. The Morgan fingerprint density at radius 2 is 2.00 bits per heavy atom. The lowest BCUT2D eigenvalue weighted by Gasteiger charge is -2.18. The topological polar surface area (TPSA) is 87.7 Å². The van der Waals surface area contributed by atoms with E-state index >= 15 is 0 Å². The third-order valence-electron chi connectivity index (χ3n) is 3.46. The van der Waals surface area contributed by atoms with Crippen molar-refractivity contribution in [2.45, 2.75) is 24.5 Å². The summed E-state index contributed by atoms with van der Waals surface area (Å²) in [6, 6.07) is 2.42. The first kappa shape index (κ1) is 15.0. The van der Waals surface area contributed by atoms with Crippen LogP contribution < -0.4 is 0 Å². The molecule has 2 heterocycles. The smallest absolute Gasteiger partial charge is 0.206 e. The first-order valence-electron chi connectivity index (χ1n) is 6.09. The largest absolute Gasteiger partial charge is 0.394 e. The summed E-state index contributed by atoms with van der Waals surface area (Å²) in [7, 11) is 0. The van der Waals surface area contributed by atoms with Crippen LogP contribution in [0.15, 0.2) is 12.1 Å². The van der Waals surface area contributed by atoms with Gasteiger partial charge in [0.05, 0.1) is 22.7 Å². The molecule has 0 amide bonds. The summed E-state index contributed by atoms with van der Waals surface area (Å²) < 4.78 is 20.3. The zero-order valence-electron chi connectivity index (χ0n) is 10.4. The van der Waals surface area contributed by atoms with Gasteiger partial charge in [0.25, 0.3) is 0 Å². The van der Waals surface area contributed by atoms with E-state index in [0.717, 1.165) is 6.07 Å². The average Bonchev–Trinajstić information content (AvgIpc) is 2.89. The van der Waals surface area contributed by atoms with Crippen molar-refractivity contribution in [3.63, 3.8) is 0 Å². The number of halogens is 3. The van der Waals surface area contributed by atoms with Crippen molar-refractivity contribution in [2.24, 2.45) is 0 Å². The first-order chi connectivity index (χ1) is 9.93. The molecule has 3 N–H and O–H groups in total. The van der Waals surface area contributed by atoms with Crippen LogP contribution in [-0.2, 0) is 4.74 Å². The molecule has 21 heavy (non-hydrogen) atoms. The quantitative estimate of drug-likeness (QED) is 0.764. The normalized spacial score (nSPS) is 29.4. The molecule has 114 valence electrons. The number of nitrogens with zero attached hydrogens (tertiary/aromatic N) is 2. The van der Waals surface area contributed by atoms with Gasteiger partial charge in [-0.2, -0.15) is 0 Å². The monoisotopic (exact) mass is 336 g/mol. The van der Waals surface area contributed by atoms with Crippen molar-refractivity contribution in [1.82, 2.24) is 9.55 Å². The highest BCUT2D eigenvalue weighted by molar-refractivity contribution is 6.32. The van der Waals surface area contributed by atoms with Crippen molar-refractivity contribution in [3.8, 4) is 0 Å². The van der Waals surface area contributed by atoms with E-state index < -0.39 is 37.0 Å². The summed E-state index contributed by atoms with van der Waals surface area (Å²) in [6.07, 6.45) is -4.67. The second-order valence-electron chi connectivity index (χ2n) is 4.73. The van der Waals surface area contributed by atoms with Crippen LogP contribution in [0.5, 0.6) is 0 Å². The molecule has 0 bridgehead atoms. The van der Waals surface area contributed by atoms with Gasteiger partial charge in [0.1, 0.15) is 24.1 Å². The Hall–Kier alpha value is -0.960. The molecule has 1 unspecified atom stereocenters. The van der Waals surface area contributed by atoms with Crippen molar-refractivity contribution < 1.29 is 24.4 Å². The van der Waals surface area contributed by atoms with Crippen LogP contribution >= 0.6 is 23.2 Å². The Morgan fingerprint density at radius 1 is 1.29 bits per heavy atom. The lowest BCUT2D eigenvalue weighted by atomic mass is 10.1. The van der Waals surface area contributed by atoms with Crippen LogP contribution in [-0.4, -0.2) is 49.8 Å². The molecule has 1 aromatic carbocycles. The zero-order valence-corrected chi connectivity index (χ0v) is 12.0. The molecule has 1 fully saturated rings. The fourth-order valence-electron chi connectivity index (χ4n) is 2.40. The minimum Gasteiger partial charge on any atom is -0.394 e. The molecule has 2 aromatic rings. The van der Waals surface area contributed by atoms with Crippen LogP contribution in [0.3, 0.4) is 0 Å². The molecule has 0 spiro atoms. The minimum atomic E-state index is -1.34. The van der Waals surface area contributed by atoms with Gasteiger partial charge < -0.3 is 20.1 Å². The van der Waals surface area contributed by atoms with Crippen LogP contribution in [0.25, 0.3) is 11.0 Å². The summed E-state index contributed by atoms with van der Waals surface area (Å²) in [5.74, 6) is -0.672. The first-order valence-corrected chi connectivity index (χ1v) is 6.84. The number of benzene rings is 1. The highest BCUT2D eigenvalue weighted by Gasteiger charge is 2.44. The lowest BCUT2D eigenvalue weighted by Crippen LogP contribution is -2.33. The number of aliphatic hydroxyl groups excluding tert-OH is 3. The molecule has 4 atom stereocenters. The highest BCUT2D eigenvalue weighted by Crippen LogP contribution is 2.35. The van der Waals surface area contributed by atoms with E-state index in [1.165, 1.54) is 10.6 Å². The van der Waals surface area contributed by atoms with E-state index in [-0.39, 0.29) is 15.8 Å². The number of imidazole rings is 1. The second-order valence-corrected chi connectivity index (χ2v) is 5.48. The van der Waals surface area contributed by atoms with E-state index in [2.05, 4.69) is 4.98 Å². The third kappa shape index (κ3) is 2.30. The Kier molecular flexibility index (Phi) is 3.81. The van der Waals surface area contributed by atoms with E-state index in [0.29, 0.717) is 5.52 Å². The van der Waals surface area contributed by atoms with Gasteiger partial charge >= 0.3 is 0 Å². The Morgan fingerprint density at radius 3 is 2.62 bits per heavy atom. The van der Waals surface area contributed by atoms with Crippen molar-refractivity contribution >= 4 is 34.2 Å². The summed E-state index contributed by atoms with van der Waals surface area (Å²) in [5.41, 5.74) is 0.584. The van der Waals surface area contributed by atoms with E-state index in [1.54, 1.807) is 0 Å². The molecule has 3 rings (SSSR count). The maximum atomic E-state index is 13.6. The van der Waals surface area contributed by atoms with Gasteiger partial charge in [-0.15, -0.1) is 0 Å². The lowest BCUT2D eigenvalue weighted by molar-refractivity contribution is -0.0507. The summed E-state index contributed by atoms with van der Waals surface area (Å²) in [6.45, 7) is -0.473. The van der Waals surface area contributed by atoms with E-state index in [9.17, 15) is 14.6 Å². The Labute approximate surface area is 128 Å². The molecule has 1 saturated heterocycles. The summed E-state index contributed by atoms with van der Waals surface area (Å²) in [4.78, 5) is 4.01. The van der Waals surface area contributed by atoms with Crippen molar-refractivity contribution in [1.29, 1.82) is 0 Å². The van der Waals surface area contributed by atoms with E-state index in [1.807, 2.05) is 0 Å². The van der Waals surface area contributed by atoms with Gasteiger partial charge in [-0.05, 0) is 17.7 Å². The van der Waals surface area contributed by atoms with Crippen molar-refractivity contribution in [2.75, 3.05) is 6.61 Å². The number of aliphatic hydroxyl groups is 3. The van der Waals surface area contributed by atoms with Gasteiger partial charge in [-0.25, -0.2) is 9.37 Å². The summed E-state index contributed by atoms with van der Waals surface area (Å²) >= 11 is 11.7. The number of hydrogen-bond donors (Lipinski definition) is 3. The number of rotatable bonds is 2. The predicted molar refractivity (Wildman–Crippen MR) is 72.7 cm³/mol. The summed E-state index contributed by atoms with van der Waals surface area (Å²) in [5, 5.41) is 28.7. The molecule has 1 aliphatic heterocycles. The highest BCUT2D eigenvalue weighted by atomic mass is 35.5. The molecular weight excluding hydrogens is 326 g/mol. The van der Waals surface area contributed by atoms with Crippen LogP contribution in [0.1, 0.15) is 6.23 Å². The molecule has 0 radical (unpaired) electrons. The standard InChI is InChI=1S/C12H11Cl2FN2O4/c13-4-1-6-7(2-5(4)15)17(12(14)16-6)11-10(20)9(19)8(3-18)21-11/h1-2,8-11,18-20H,3H2/t8-,9-,10-,11?/m1/s1. The maximum Gasteiger partial charge on any atom is 0.206 e. The third-order valence-corrected chi connectivity index (χ3v) is 4.02. The Bertz CT molecular complexity index is 695. The van der Waals surface area contributed by atoms with Crippen LogP contribution in [0, 0.1) is 5.82 Å². The number of fused-ring (bicyclic) bond motifs is 1. The van der Waals surface area contributed by atoms with Gasteiger partial charge in [-0.3, -0.25) is 4.57 Å². The SMILES string of the molecule is OC[C@H]1OC(n2c(Cl)nc3cc(Cl)c(F)cc32)[C@H](O)[C@@H]1O. The maximum absolute atomic E-state index is 13.6. The van der Waals surface area contributed by atoms with E-state index in [4.69, 9.17) is 33.0 Å². The second kappa shape index (κ2) is 5.35. The molecule has 1 aromatic heterocycles. The number of ether oxygens (including phenoxy) is 1. The minimum absolute atomic E-state index is 0.0542. The molecule has 0 aliphatic carbocycles. The molecule has 0 saturated carbocycles. The van der Waals surface area contributed by atoms with Crippen LogP contribution in [0.2, 0.25) is 10.3 Å². The van der Waals surface area contributed by atoms with Gasteiger partial charge in [-0.1, -0.05) is 11.6 Å². The average molecular weight is 337 g/mol. The van der Waals surface area contributed by atoms with Gasteiger partial charge in [0, 0.05) is 6.07 Å². The Balaban J connectivity index is 2.12. The molecule has 9 heteroatoms. The predicted octanol–water partition coefficient (Wildman–Crippen LogP) is 1.09. The fourth-order valence-corrected chi connectivity index (χ4v) is 2.83. The molecule has 6 nitrogen and oxygen atoms in total. The number of aromatic nitrogens is 2. The van der Waals surface area contributed by atoms with Crippen LogP contribution in [0.4, 0.5) is 4.39 Å². The van der Waals surface area contributed by atoms with Gasteiger partial charge in [0.15, 0.2) is 6.23 Å². The molecule has 1 aliphatic rings. The number of hydrogen-bond acceptors (Lipinski definition) is 5. The zero-order chi connectivity index (χ0) is 15.3. The van der Waals surface area contributed by atoms with Crippen molar-refractivity contribution in [3.05, 3.63) is 28.3 Å². The van der Waals surface area contributed by atoms with Gasteiger partial charge in [0.2, 0.25) is 5.28 Å².